The smallest absolute Gasteiger partial charge is 0.246 e. The molecule has 2 aliphatic heterocycles. The van der Waals surface area contributed by atoms with E-state index in [2.05, 4.69) is 15.6 Å². The number of nitrogens with zero attached hydrogens (tertiary/aromatic N) is 3. The number of amides is 3. The molecule has 0 spiro atoms. The monoisotopic (exact) mass is 597 g/mol. The van der Waals surface area contributed by atoms with Gasteiger partial charge < -0.3 is 25.4 Å². The van der Waals surface area contributed by atoms with Crippen molar-refractivity contribution in [2.45, 2.75) is 78.1 Å². The third-order valence-electron chi connectivity index (χ3n) is 8.25. The predicted molar refractivity (Wildman–Crippen MR) is 162 cm³/mol. The van der Waals surface area contributed by atoms with E-state index in [0.29, 0.717) is 13.1 Å². The summed E-state index contributed by atoms with van der Waals surface area (Å²) in [5.74, 6) is -0.969. The summed E-state index contributed by atoms with van der Waals surface area (Å²) in [7, 11) is 0. The molecule has 3 amide bonds. The average molecular weight is 598 g/mol. The number of aryl methyl sites for hydroxylation is 1. The van der Waals surface area contributed by atoms with Gasteiger partial charge in [-0.25, -0.2) is 4.98 Å². The summed E-state index contributed by atoms with van der Waals surface area (Å²) < 4.78 is 0. The lowest BCUT2D eigenvalue weighted by Gasteiger charge is -2.36. The number of aldehydes is 1. The second-order valence-corrected chi connectivity index (χ2v) is 13.5. The summed E-state index contributed by atoms with van der Waals surface area (Å²) in [6, 6.07) is 5.92. The minimum absolute atomic E-state index is 0.0237. The van der Waals surface area contributed by atoms with Gasteiger partial charge in [-0.1, -0.05) is 45.0 Å². The van der Waals surface area contributed by atoms with E-state index in [1.54, 1.807) is 11.3 Å². The van der Waals surface area contributed by atoms with Crippen LogP contribution in [0, 0.1) is 18.3 Å². The quantitative estimate of drug-likeness (QED) is 0.379. The van der Waals surface area contributed by atoms with Crippen LogP contribution < -0.4 is 10.6 Å². The number of aliphatic hydroxyl groups is 1. The van der Waals surface area contributed by atoms with Crippen LogP contribution in [0.1, 0.15) is 64.3 Å². The Morgan fingerprint density at radius 3 is 2.38 bits per heavy atom. The number of aromatic nitrogens is 1. The molecule has 2 aromatic rings. The van der Waals surface area contributed by atoms with Crippen LogP contribution in [0.15, 0.2) is 29.8 Å². The molecule has 1 aromatic carbocycles. The Labute approximate surface area is 251 Å². The maximum absolute atomic E-state index is 13.9. The number of carbonyl (C=O) groups is 4. The van der Waals surface area contributed by atoms with E-state index >= 15 is 0 Å². The van der Waals surface area contributed by atoms with Gasteiger partial charge in [-0.05, 0) is 56.3 Å². The Morgan fingerprint density at radius 1 is 1.14 bits per heavy atom. The van der Waals surface area contributed by atoms with Gasteiger partial charge in [0.15, 0.2) is 0 Å². The Morgan fingerprint density at radius 2 is 1.81 bits per heavy atom. The molecule has 1 unspecified atom stereocenters. The normalized spacial score (nSPS) is 21.5. The van der Waals surface area contributed by atoms with Gasteiger partial charge in [0.2, 0.25) is 17.7 Å². The topological polar surface area (TPSA) is 132 Å². The third kappa shape index (κ3) is 7.62. The highest BCUT2D eigenvalue weighted by Crippen LogP contribution is 2.29. The maximum Gasteiger partial charge on any atom is 0.246 e. The maximum atomic E-state index is 13.9. The van der Waals surface area contributed by atoms with Crippen molar-refractivity contribution in [2.24, 2.45) is 11.3 Å². The molecule has 4 atom stereocenters. The van der Waals surface area contributed by atoms with Crippen LogP contribution in [-0.4, -0.2) is 88.3 Å². The highest BCUT2D eigenvalue weighted by atomic mass is 32.1. The van der Waals surface area contributed by atoms with Crippen LogP contribution >= 0.6 is 11.3 Å². The van der Waals surface area contributed by atoms with Crippen LogP contribution in [0.4, 0.5) is 0 Å². The number of carbonyl (C=O) groups excluding carboxylic acids is 4. The Kier molecular flexibility index (Phi) is 10.2. The fourth-order valence-corrected chi connectivity index (χ4v) is 6.48. The van der Waals surface area contributed by atoms with Crippen LogP contribution in [0.25, 0.3) is 10.4 Å². The molecular formula is C31H43N5O5S. The fraction of sp³-hybridized carbons (Fsp3) is 0.581. The summed E-state index contributed by atoms with van der Waals surface area (Å²) in [6.45, 7) is 10.9. The van der Waals surface area contributed by atoms with Gasteiger partial charge in [0.05, 0.1) is 34.8 Å². The first-order valence-electron chi connectivity index (χ1n) is 14.6. The van der Waals surface area contributed by atoms with Crippen molar-refractivity contribution in [2.75, 3.05) is 26.2 Å². The number of β-amino-alcohol motifs (C(OH)–C–C–N with tert-alkyl or cyclic N) is 1. The van der Waals surface area contributed by atoms with Crippen molar-refractivity contribution < 1.29 is 24.3 Å². The van der Waals surface area contributed by atoms with Gasteiger partial charge in [0.25, 0.3) is 0 Å². The lowest BCUT2D eigenvalue weighted by molar-refractivity contribution is -0.144. The van der Waals surface area contributed by atoms with Gasteiger partial charge >= 0.3 is 0 Å². The zero-order valence-corrected chi connectivity index (χ0v) is 25.9. The molecule has 0 saturated carbocycles. The minimum atomic E-state index is -0.877. The van der Waals surface area contributed by atoms with Crippen LogP contribution in [-0.2, 0) is 19.2 Å². The molecule has 1 aromatic heterocycles. The first-order valence-corrected chi connectivity index (χ1v) is 15.5. The molecule has 2 saturated heterocycles. The minimum Gasteiger partial charge on any atom is -0.391 e. The second kappa shape index (κ2) is 13.4. The predicted octanol–water partition coefficient (Wildman–Crippen LogP) is 2.70. The molecule has 3 N–H and O–H groups in total. The molecule has 2 fully saturated rings. The van der Waals surface area contributed by atoms with Crippen molar-refractivity contribution in [3.63, 3.8) is 0 Å². The van der Waals surface area contributed by atoms with E-state index in [9.17, 15) is 24.3 Å². The summed E-state index contributed by atoms with van der Waals surface area (Å²) in [5.41, 5.74) is 4.15. The van der Waals surface area contributed by atoms with Gasteiger partial charge in [-0.2, -0.15) is 0 Å². The molecule has 0 radical (unpaired) electrons. The van der Waals surface area contributed by atoms with Gasteiger partial charge in [-0.3, -0.25) is 19.3 Å². The van der Waals surface area contributed by atoms with Crippen LogP contribution in [0.2, 0.25) is 0 Å². The largest absolute Gasteiger partial charge is 0.391 e. The fourth-order valence-electron chi connectivity index (χ4n) is 5.67. The Balaban J connectivity index is 1.40. The standard InChI is InChI=1S/C31H43N5O5S/c1-19(22-6-8-23(9-7-22)27-20(2)32-18-42-27)33-29(40)25-14-24(38)15-36(25)30(41)28(31(3,4)5)34-26(39)16-35-12-10-21(17-37)11-13-35/h6-9,17-19,21,24-25,28,38H,10-16H2,1-5H3,(H,33,40)(H,34,39)/t19-,24+,25-,28?/m0/s1. The zero-order chi connectivity index (χ0) is 30.6. The van der Waals surface area contributed by atoms with Crippen LogP contribution in [0.3, 0.4) is 0 Å². The first-order chi connectivity index (χ1) is 19.9. The number of hydrogen-bond acceptors (Lipinski definition) is 8. The summed E-state index contributed by atoms with van der Waals surface area (Å²) in [5, 5.41) is 16.4. The van der Waals surface area contributed by atoms with E-state index in [0.717, 1.165) is 40.8 Å². The van der Waals surface area contributed by atoms with Crippen molar-refractivity contribution in [1.29, 1.82) is 0 Å². The molecule has 0 bridgehead atoms. The lowest BCUT2D eigenvalue weighted by atomic mass is 9.85. The third-order valence-corrected chi connectivity index (χ3v) is 9.23. The average Bonchev–Trinajstić information content (AvgIpc) is 3.56. The molecule has 2 aliphatic rings. The van der Waals surface area contributed by atoms with E-state index in [4.69, 9.17) is 0 Å². The Hall–Kier alpha value is -3.15. The highest BCUT2D eigenvalue weighted by molar-refractivity contribution is 7.13. The van der Waals surface area contributed by atoms with Crippen molar-refractivity contribution in [1.82, 2.24) is 25.4 Å². The Bertz CT molecular complexity index is 1270. The van der Waals surface area contributed by atoms with Crippen molar-refractivity contribution >= 4 is 35.3 Å². The van der Waals surface area contributed by atoms with Gasteiger partial charge in [-0.15, -0.1) is 11.3 Å². The lowest BCUT2D eigenvalue weighted by Crippen LogP contribution is -2.59. The van der Waals surface area contributed by atoms with Gasteiger partial charge in [0, 0.05) is 18.9 Å². The number of likely N-dealkylation sites (tertiary alicyclic amines) is 2. The first kappa shape index (κ1) is 31.8. The number of aliphatic hydroxyl groups excluding tert-OH is 1. The molecule has 4 rings (SSSR count). The molecule has 3 heterocycles. The van der Waals surface area contributed by atoms with E-state index in [1.165, 1.54) is 4.90 Å². The van der Waals surface area contributed by atoms with Crippen molar-refractivity contribution in [3.8, 4) is 10.4 Å². The van der Waals surface area contributed by atoms with Crippen LogP contribution in [0.5, 0.6) is 0 Å². The number of hydrogen-bond donors (Lipinski definition) is 3. The molecule has 228 valence electrons. The van der Waals surface area contributed by atoms with E-state index in [-0.39, 0.29) is 49.2 Å². The number of thiazole rings is 1. The summed E-state index contributed by atoms with van der Waals surface area (Å²) in [6.07, 6.45) is 1.70. The highest BCUT2D eigenvalue weighted by Gasteiger charge is 2.44. The number of piperidine rings is 1. The number of benzene rings is 1. The molecule has 42 heavy (non-hydrogen) atoms. The molecule has 0 aliphatic carbocycles. The van der Waals surface area contributed by atoms with E-state index < -0.39 is 23.6 Å². The van der Waals surface area contributed by atoms with E-state index in [1.807, 2.05) is 69.3 Å². The second-order valence-electron chi connectivity index (χ2n) is 12.6. The van der Waals surface area contributed by atoms with Crippen molar-refractivity contribution in [3.05, 3.63) is 41.0 Å². The molecule has 10 nitrogen and oxygen atoms in total. The summed E-state index contributed by atoms with van der Waals surface area (Å²) >= 11 is 1.58. The van der Waals surface area contributed by atoms with Gasteiger partial charge in [0.1, 0.15) is 18.4 Å². The number of nitrogens with one attached hydrogen (secondary N) is 2. The molecule has 11 heteroatoms. The number of rotatable bonds is 9. The zero-order valence-electron chi connectivity index (χ0n) is 25.1. The summed E-state index contributed by atoms with van der Waals surface area (Å²) in [4.78, 5) is 60.2. The SMILES string of the molecule is Cc1ncsc1-c1ccc([C@H](C)NC(=O)[C@@H]2C[C@@H](O)CN2C(=O)C(NC(=O)CN2CCC(C=O)CC2)C(C)(C)C)cc1. The molecular weight excluding hydrogens is 554 g/mol.